The van der Waals surface area contributed by atoms with Gasteiger partial charge in [0, 0.05) is 12.1 Å². The Hall–Kier alpha value is -1.06. The van der Waals surface area contributed by atoms with E-state index in [1.807, 2.05) is 31.2 Å². The normalized spacial score (nSPS) is 14.3. The van der Waals surface area contributed by atoms with Crippen molar-refractivity contribution in [2.45, 2.75) is 25.9 Å². The van der Waals surface area contributed by atoms with Crippen LogP contribution >= 0.6 is 11.6 Å². The lowest BCUT2D eigenvalue weighted by atomic mass is 10.1. The van der Waals surface area contributed by atoms with Crippen LogP contribution in [0.5, 0.6) is 0 Å². The van der Waals surface area contributed by atoms with Crippen LogP contribution in [-0.4, -0.2) is 23.9 Å². The molecule has 16 heavy (non-hydrogen) atoms. The molecule has 1 aromatic rings. The van der Waals surface area contributed by atoms with Gasteiger partial charge in [0.1, 0.15) is 0 Å². The van der Waals surface area contributed by atoms with Crippen molar-refractivity contribution in [2.75, 3.05) is 7.05 Å². The highest BCUT2D eigenvalue weighted by atomic mass is 35.5. The van der Waals surface area contributed by atoms with E-state index in [1.165, 1.54) is 0 Å². The Labute approximate surface area is 101 Å². The average Bonchev–Trinajstić information content (AvgIpc) is 2.26. The molecule has 0 fully saturated rings. The van der Waals surface area contributed by atoms with Crippen molar-refractivity contribution in [1.82, 2.24) is 4.90 Å². The summed E-state index contributed by atoms with van der Waals surface area (Å²) in [5.74, 6) is -0.0764. The number of amides is 1. The molecule has 2 unspecified atom stereocenters. The van der Waals surface area contributed by atoms with Crippen LogP contribution in [0.3, 0.4) is 0 Å². The lowest BCUT2D eigenvalue weighted by molar-refractivity contribution is -0.132. The smallest absolute Gasteiger partial charge is 0.239 e. The van der Waals surface area contributed by atoms with E-state index in [0.29, 0.717) is 5.02 Å². The van der Waals surface area contributed by atoms with E-state index in [4.69, 9.17) is 17.3 Å². The van der Waals surface area contributed by atoms with Gasteiger partial charge in [0.15, 0.2) is 0 Å². The van der Waals surface area contributed by atoms with Gasteiger partial charge in [-0.3, -0.25) is 4.79 Å². The van der Waals surface area contributed by atoms with Crippen molar-refractivity contribution in [1.29, 1.82) is 0 Å². The number of halogens is 1. The van der Waals surface area contributed by atoms with Gasteiger partial charge in [0.05, 0.1) is 12.1 Å². The second kappa shape index (κ2) is 5.32. The summed E-state index contributed by atoms with van der Waals surface area (Å²) in [6, 6.07) is 6.98. The van der Waals surface area contributed by atoms with Gasteiger partial charge in [-0.25, -0.2) is 0 Å². The molecule has 4 heteroatoms. The predicted molar refractivity (Wildman–Crippen MR) is 66.3 cm³/mol. The van der Waals surface area contributed by atoms with Crippen molar-refractivity contribution >= 4 is 17.5 Å². The third-order valence-electron chi connectivity index (χ3n) is 2.65. The van der Waals surface area contributed by atoms with E-state index in [0.717, 1.165) is 5.56 Å². The molecule has 3 nitrogen and oxygen atoms in total. The first kappa shape index (κ1) is 13.0. The van der Waals surface area contributed by atoms with Crippen LogP contribution in [0.1, 0.15) is 25.5 Å². The third-order valence-corrected chi connectivity index (χ3v) is 2.88. The summed E-state index contributed by atoms with van der Waals surface area (Å²) < 4.78 is 0. The number of benzene rings is 1. The van der Waals surface area contributed by atoms with Crippen LogP contribution in [0.2, 0.25) is 5.02 Å². The van der Waals surface area contributed by atoms with Crippen molar-refractivity contribution < 1.29 is 4.79 Å². The number of hydrogen-bond donors (Lipinski definition) is 1. The van der Waals surface area contributed by atoms with Gasteiger partial charge < -0.3 is 10.6 Å². The third kappa shape index (κ3) is 2.97. The van der Waals surface area contributed by atoms with E-state index in [-0.39, 0.29) is 11.9 Å². The standard InChI is InChI=1S/C12H17ClN2O/c1-8(14)12(16)15(3)9(2)10-5-4-6-11(13)7-10/h4-9H,14H2,1-3H3. The highest BCUT2D eigenvalue weighted by molar-refractivity contribution is 6.30. The molecule has 88 valence electrons. The number of nitrogens with zero attached hydrogens (tertiary/aromatic N) is 1. The first-order valence-corrected chi connectivity index (χ1v) is 5.59. The van der Waals surface area contributed by atoms with Crippen LogP contribution in [-0.2, 0) is 4.79 Å². The van der Waals surface area contributed by atoms with Crippen molar-refractivity contribution in [3.63, 3.8) is 0 Å². The van der Waals surface area contributed by atoms with E-state index in [1.54, 1.807) is 18.9 Å². The summed E-state index contributed by atoms with van der Waals surface area (Å²) in [5, 5.41) is 0.672. The average molecular weight is 241 g/mol. The zero-order chi connectivity index (χ0) is 12.3. The number of likely N-dealkylation sites (N-methyl/N-ethyl adjacent to an activating group) is 1. The predicted octanol–water partition coefficient (Wildman–Crippen LogP) is 2.21. The van der Waals surface area contributed by atoms with Crippen LogP contribution in [0.15, 0.2) is 24.3 Å². The SMILES string of the molecule is CC(N)C(=O)N(C)C(C)c1cccc(Cl)c1. The van der Waals surface area contributed by atoms with Gasteiger partial charge in [-0.1, -0.05) is 23.7 Å². The summed E-state index contributed by atoms with van der Waals surface area (Å²) in [6.45, 7) is 3.63. The zero-order valence-corrected chi connectivity index (χ0v) is 10.5. The molecular weight excluding hydrogens is 224 g/mol. The molecule has 0 aliphatic rings. The monoisotopic (exact) mass is 240 g/mol. The molecule has 1 rings (SSSR count). The second-order valence-corrected chi connectivity index (χ2v) is 4.41. The summed E-state index contributed by atoms with van der Waals surface area (Å²) in [6.07, 6.45) is 0. The largest absolute Gasteiger partial charge is 0.338 e. The first-order chi connectivity index (χ1) is 7.43. The van der Waals surface area contributed by atoms with E-state index in [9.17, 15) is 4.79 Å². The maximum atomic E-state index is 11.7. The van der Waals surface area contributed by atoms with Gasteiger partial charge >= 0.3 is 0 Å². The molecule has 0 saturated carbocycles. The molecule has 0 saturated heterocycles. The number of carbonyl (C=O) groups excluding carboxylic acids is 1. The lowest BCUT2D eigenvalue weighted by Gasteiger charge is -2.27. The minimum Gasteiger partial charge on any atom is -0.338 e. The lowest BCUT2D eigenvalue weighted by Crippen LogP contribution is -2.40. The highest BCUT2D eigenvalue weighted by Crippen LogP contribution is 2.22. The topological polar surface area (TPSA) is 46.3 Å². The molecule has 1 amide bonds. The number of nitrogens with two attached hydrogens (primary N) is 1. The highest BCUT2D eigenvalue weighted by Gasteiger charge is 2.19. The van der Waals surface area contributed by atoms with Gasteiger partial charge in [-0.05, 0) is 31.5 Å². The Kier molecular flexibility index (Phi) is 4.33. The second-order valence-electron chi connectivity index (χ2n) is 3.97. The van der Waals surface area contributed by atoms with E-state index in [2.05, 4.69) is 0 Å². The molecule has 0 heterocycles. The Morgan fingerprint density at radius 2 is 2.06 bits per heavy atom. The van der Waals surface area contributed by atoms with Crippen LogP contribution < -0.4 is 5.73 Å². The fourth-order valence-electron chi connectivity index (χ4n) is 1.50. The molecule has 0 aliphatic heterocycles. The maximum Gasteiger partial charge on any atom is 0.239 e. The summed E-state index contributed by atoms with van der Waals surface area (Å²) >= 11 is 5.91. The van der Waals surface area contributed by atoms with Crippen LogP contribution in [0.25, 0.3) is 0 Å². The molecule has 0 radical (unpaired) electrons. The summed E-state index contributed by atoms with van der Waals surface area (Å²) in [5.41, 5.74) is 6.57. The molecule has 2 atom stereocenters. The molecule has 2 N–H and O–H groups in total. The van der Waals surface area contributed by atoms with Crippen LogP contribution in [0.4, 0.5) is 0 Å². The number of carbonyl (C=O) groups is 1. The van der Waals surface area contributed by atoms with Gasteiger partial charge in [-0.2, -0.15) is 0 Å². The van der Waals surface area contributed by atoms with Crippen molar-refractivity contribution in [3.8, 4) is 0 Å². The molecule has 0 bridgehead atoms. The van der Waals surface area contributed by atoms with Gasteiger partial charge in [0.25, 0.3) is 0 Å². The fourth-order valence-corrected chi connectivity index (χ4v) is 1.70. The maximum absolute atomic E-state index is 11.7. The van der Waals surface area contributed by atoms with E-state index < -0.39 is 6.04 Å². The fraction of sp³-hybridized carbons (Fsp3) is 0.417. The first-order valence-electron chi connectivity index (χ1n) is 5.21. The molecule has 1 aromatic carbocycles. The number of hydrogen-bond acceptors (Lipinski definition) is 2. The summed E-state index contributed by atoms with van der Waals surface area (Å²) in [7, 11) is 1.75. The van der Waals surface area contributed by atoms with Crippen molar-refractivity contribution in [2.24, 2.45) is 5.73 Å². The Bertz CT molecular complexity index is 379. The van der Waals surface area contributed by atoms with Crippen LogP contribution in [0, 0.1) is 0 Å². The van der Waals surface area contributed by atoms with E-state index >= 15 is 0 Å². The van der Waals surface area contributed by atoms with Gasteiger partial charge in [0.2, 0.25) is 5.91 Å². The Morgan fingerprint density at radius 3 is 2.56 bits per heavy atom. The number of rotatable bonds is 3. The molecular formula is C12H17ClN2O. The molecule has 0 aromatic heterocycles. The van der Waals surface area contributed by atoms with Gasteiger partial charge in [-0.15, -0.1) is 0 Å². The Balaban J connectivity index is 2.85. The minimum absolute atomic E-state index is 0.0304. The zero-order valence-electron chi connectivity index (χ0n) is 9.77. The Morgan fingerprint density at radius 1 is 1.44 bits per heavy atom. The quantitative estimate of drug-likeness (QED) is 0.881. The molecule has 0 aliphatic carbocycles. The molecule has 0 spiro atoms. The minimum atomic E-state index is -0.480. The van der Waals surface area contributed by atoms with Crippen molar-refractivity contribution in [3.05, 3.63) is 34.9 Å². The summed E-state index contributed by atoms with van der Waals surface area (Å²) in [4.78, 5) is 13.3.